The molecule has 0 aliphatic heterocycles. The van der Waals surface area contributed by atoms with Crippen LogP contribution in [0.15, 0.2) is 54.9 Å². The molecular formula is C21H22N4O. The van der Waals surface area contributed by atoms with Crippen LogP contribution in [0.1, 0.15) is 21.5 Å². The van der Waals surface area contributed by atoms with Gasteiger partial charge in [0, 0.05) is 30.9 Å². The average Bonchev–Trinajstić information content (AvgIpc) is 2.62. The lowest BCUT2D eigenvalue weighted by molar-refractivity contribution is 0.102. The van der Waals surface area contributed by atoms with Crippen LogP contribution in [0.4, 0.5) is 11.5 Å². The maximum atomic E-state index is 12.6. The molecule has 1 heterocycles. The van der Waals surface area contributed by atoms with Gasteiger partial charge in [-0.3, -0.25) is 9.78 Å². The molecule has 0 atom stereocenters. The van der Waals surface area contributed by atoms with Gasteiger partial charge in [0.1, 0.15) is 0 Å². The van der Waals surface area contributed by atoms with Crippen LogP contribution in [0, 0.1) is 13.8 Å². The van der Waals surface area contributed by atoms with E-state index in [0.29, 0.717) is 11.4 Å². The molecule has 1 amide bonds. The smallest absolute Gasteiger partial charge is 0.257 e. The van der Waals surface area contributed by atoms with Crippen LogP contribution in [0.3, 0.4) is 0 Å². The molecule has 0 aliphatic carbocycles. The third-order valence-corrected chi connectivity index (χ3v) is 4.26. The highest BCUT2D eigenvalue weighted by Crippen LogP contribution is 2.22. The molecule has 1 N–H and O–H groups in total. The van der Waals surface area contributed by atoms with E-state index in [0.717, 1.165) is 28.1 Å². The second kappa shape index (κ2) is 7.35. The summed E-state index contributed by atoms with van der Waals surface area (Å²) in [5, 5.41) is 2.86. The largest absolute Gasteiger partial charge is 0.378 e. The summed E-state index contributed by atoms with van der Waals surface area (Å²) in [6, 6.07) is 13.8. The molecule has 0 saturated heterocycles. The molecule has 0 saturated carbocycles. The highest BCUT2D eigenvalue weighted by atomic mass is 16.1. The number of amides is 1. The van der Waals surface area contributed by atoms with E-state index in [1.807, 2.05) is 75.3 Å². The maximum Gasteiger partial charge on any atom is 0.257 e. The van der Waals surface area contributed by atoms with Gasteiger partial charge in [-0.2, -0.15) is 0 Å². The Morgan fingerprint density at radius 3 is 2.23 bits per heavy atom. The fourth-order valence-corrected chi connectivity index (χ4v) is 2.85. The van der Waals surface area contributed by atoms with Gasteiger partial charge in [-0.1, -0.05) is 30.3 Å². The van der Waals surface area contributed by atoms with Crippen molar-refractivity contribution in [1.29, 1.82) is 0 Å². The van der Waals surface area contributed by atoms with Gasteiger partial charge in [-0.05, 0) is 37.1 Å². The predicted octanol–water partition coefficient (Wildman–Crippen LogP) is 4.08. The van der Waals surface area contributed by atoms with E-state index < -0.39 is 0 Å². The summed E-state index contributed by atoms with van der Waals surface area (Å²) in [5.41, 5.74) is 5.33. The van der Waals surface area contributed by atoms with E-state index in [1.54, 1.807) is 12.4 Å². The van der Waals surface area contributed by atoms with Gasteiger partial charge >= 0.3 is 0 Å². The number of anilines is 2. The second-order valence-electron chi connectivity index (χ2n) is 6.45. The fourth-order valence-electron chi connectivity index (χ4n) is 2.85. The summed E-state index contributed by atoms with van der Waals surface area (Å²) in [6.07, 6.45) is 3.25. The van der Waals surface area contributed by atoms with Gasteiger partial charge in [0.05, 0.1) is 18.1 Å². The van der Waals surface area contributed by atoms with Crippen molar-refractivity contribution in [1.82, 2.24) is 9.97 Å². The number of hydrogen-bond donors (Lipinski definition) is 1. The zero-order chi connectivity index (χ0) is 18.7. The van der Waals surface area contributed by atoms with E-state index in [9.17, 15) is 4.79 Å². The fraction of sp³-hybridized carbons (Fsp3) is 0.190. The van der Waals surface area contributed by atoms with Crippen LogP contribution < -0.4 is 10.2 Å². The molecule has 26 heavy (non-hydrogen) atoms. The molecule has 0 aliphatic rings. The van der Waals surface area contributed by atoms with Crippen LogP contribution in [-0.2, 0) is 0 Å². The van der Waals surface area contributed by atoms with E-state index >= 15 is 0 Å². The van der Waals surface area contributed by atoms with Crippen molar-refractivity contribution in [2.45, 2.75) is 13.8 Å². The first-order chi connectivity index (χ1) is 12.5. The molecule has 132 valence electrons. The van der Waals surface area contributed by atoms with Gasteiger partial charge < -0.3 is 10.2 Å². The molecular weight excluding hydrogens is 324 g/mol. The Balaban J connectivity index is 1.84. The molecule has 0 spiro atoms. The predicted molar refractivity (Wildman–Crippen MR) is 106 cm³/mol. The summed E-state index contributed by atoms with van der Waals surface area (Å²) >= 11 is 0. The van der Waals surface area contributed by atoms with Crippen LogP contribution in [-0.4, -0.2) is 30.0 Å². The van der Waals surface area contributed by atoms with Gasteiger partial charge in [0.25, 0.3) is 5.91 Å². The molecule has 0 fully saturated rings. The monoisotopic (exact) mass is 346 g/mol. The highest BCUT2D eigenvalue weighted by Gasteiger charge is 2.13. The first-order valence-electron chi connectivity index (χ1n) is 8.43. The van der Waals surface area contributed by atoms with Crippen LogP contribution in [0.2, 0.25) is 0 Å². The molecule has 1 aromatic heterocycles. The summed E-state index contributed by atoms with van der Waals surface area (Å²) in [5.74, 6) is 0.266. The lowest BCUT2D eigenvalue weighted by atomic mass is 10.0. The molecule has 0 bridgehead atoms. The summed E-state index contributed by atoms with van der Waals surface area (Å²) < 4.78 is 0. The summed E-state index contributed by atoms with van der Waals surface area (Å²) in [7, 11) is 4.00. The average molecular weight is 346 g/mol. The quantitative estimate of drug-likeness (QED) is 0.773. The number of hydrogen-bond acceptors (Lipinski definition) is 4. The van der Waals surface area contributed by atoms with Crippen molar-refractivity contribution in [2.75, 3.05) is 24.3 Å². The van der Waals surface area contributed by atoms with Crippen LogP contribution in [0.5, 0.6) is 0 Å². The lowest BCUT2D eigenvalue weighted by Gasteiger charge is -2.13. The zero-order valence-corrected chi connectivity index (χ0v) is 15.4. The van der Waals surface area contributed by atoms with Crippen LogP contribution in [0.25, 0.3) is 11.3 Å². The number of aromatic nitrogens is 2. The lowest BCUT2D eigenvalue weighted by Crippen LogP contribution is -2.16. The van der Waals surface area contributed by atoms with Gasteiger partial charge in [-0.25, -0.2) is 4.98 Å². The Bertz CT molecular complexity index is 913. The van der Waals surface area contributed by atoms with Crippen LogP contribution >= 0.6 is 0 Å². The molecule has 3 aromatic rings. The first kappa shape index (κ1) is 17.6. The van der Waals surface area contributed by atoms with Crippen molar-refractivity contribution in [2.24, 2.45) is 0 Å². The Kier molecular flexibility index (Phi) is 4.98. The molecule has 5 heteroatoms. The first-order valence-corrected chi connectivity index (χ1v) is 8.43. The molecule has 3 rings (SSSR count). The normalized spacial score (nSPS) is 10.5. The molecule has 0 unspecified atom stereocenters. The zero-order valence-electron chi connectivity index (χ0n) is 15.4. The Morgan fingerprint density at radius 1 is 0.962 bits per heavy atom. The highest BCUT2D eigenvalue weighted by molar-refractivity contribution is 6.05. The van der Waals surface area contributed by atoms with E-state index in [-0.39, 0.29) is 5.91 Å². The Morgan fingerprint density at radius 2 is 1.62 bits per heavy atom. The number of nitrogens with one attached hydrogen (secondary N) is 1. The van der Waals surface area contributed by atoms with E-state index in [2.05, 4.69) is 15.3 Å². The number of carbonyl (C=O) groups is 1. The van der Waals surface area contributed by atoms with Crippen molar-refractivity contribution in [3.8, 4) is 11.3 Å². The number of aryl methyl sites for hydroxylation is 2. The maximum absolute atomic E-state index is 12.6. The van der Waals surface area contributed by atoms with Gasteiger partial charge in [0.15, 0.2) is 5.82 Å². The summed E-state index contributed by atoms with van der Waals surface area (Å²) in [4.78, 5) is 23.4. The molecule has 0 radical (unpaired) electrons. The SMILES string of the molecule is Cc1cccc(C)c1C(=O)Nc1cncc(-c2ccc(N(C)C)cc2)n1. The van der Waals surface area contributed by atoms with E-state index in [1.165, 1.54) is 0 Å². The third-order valence-electron chi connectivity index (χ3n) is 4.26. The number of nitrogens with zero attached hydrogens (tertiary/aromatic N) is 3. The van der Waals surface area contributed by atoms with Gasteiger partial charge in [0.2, 0.25) is 0 Å². The van der Waals surface area contributed by atoms with Crippen molar-refractivity contribution < 1.29 is 4.79 Å². The third kappa shape index (κ3) is 3.72. The Labute approximate surface area is 153 Å². The summed E-state index contributed by atoms with van der Waals surface area (Å²) in [6.45, 7) is 3.85. The second-order valence-corrected chi connectivity index (χ2v) is 6.45. The number of benzene rings is 2. The minimum atomic E-state index is -0.171. The standard InChI is InChI=1S/C21H22N4O/c1-14-6-5-7-15(2)20(14)21(26)24-19-13-22-12-18(23-19)16-8-10-17(11-9-16)25(3)4/h5-13H,1-4H3,(H,23,24,26). The minimum absolute atomic E-state index is 0.171. The molecule has 2 aromatic carbocycles. The van der Waals surface area contributed by atoms with Gasteiger partial charge in [-0.15, -0.1) is 0 Å². The number of carbonyl (C=O) groups excluding carboxylic acids is 1. The minimum Gasteiger partial charge on any atom is -0.378 e. The number of rotatable bonds is 4. The van der Waals surface area contributed by atoms with Crippen molar-refractivity contribution in [3.05, 3.63) is 71.5 Å². The topological polar surface area (TPSA) is 58.1 Å². The Hall–Kier alpha value is -3.21. The van der Waals surface area contributed by atoms with Crippen molar-refractivity contribution in [3.63, 3.8) is 0 Å². The van der Waals surface area contributed by atoms with Crippen molar-refractivity contribution >= 4 is 17.4 Å². The molecule has 5 nitrogen and oxygen atoms in total. The van der Waals surface area contributed by atoms with E-state index in [4.69, 9.17) is 0 Å².